The van der Waals surface area contributed by atoms with Gasteiger partial charge in [-0.25, -0.2) is 14.8 Å². The summed E-state index contributed by atoms with van der Waals surface area (Å²) in [6, 6.07) is 2.68. The Morgan fingerprint density at radius 2 is 2.11 bits per heavy atom. The second-order valence-electron chi connectivity index (χ2n) is 8.72. The second kappa shape index (κ2) is 7.48. The molecule has 0 spiro atoms. The highest BCUT2D eigenvalue weighted by Crippen LogP contribution is 2.38. The van der Waals surface area contributed by atoms with Crippen LogP contribution in [0.5, 0.6) is 0 Å². The number of anilines is 1. The van der Waals surface area contributed by atoms with Gasteiger partial charge in [-0.2, -0.15) is 0 Å². The number of rotatable bonds is 4. The van der Waals surface area contributed by atoms with Crippen LogP contribution in [0.1, 0.15) is 50.8 Å². The molecule has 28 heavy (non-hydrogen) atoms. The third-order valence-corrected chi connectivity index (χ3v) is 6.58. The van der Waals surface area contributed by atoms with E-state index in [0.717, 1.165) is 48.5 Å². The molecule has 2 aromatic rings. The molecule has 0 bridgehead atoms. The number of carbonyl (C=O) groups is 1. The quantitative estimate of drug-likeness (QED) is 0.838. The van der Waals surface area contributed by atoms with Crippen molar-refractivity contribution in [2.24, 2.45) is 0 Å². The average molecular weight is 405 g/mol. The molecule has 0 aromatic carbocycles. The van der Waals surface area contributed by atoms with Gasteiger partial charge >= 0.3 is 6.09 Å². The Morgan fingerprint density at radius 1 is 1.32 bits per heavy atom. The first-order valence-electron chi connectivity index (χ1n) is 9.84. The van der Waals surface area contributed by atoms with Gasteiger partial charge in [0.25, 0.3) is 0 Å². The predicted octanol–water partition coefficient (Wildman–Crippen LogP) is 3.69. The van der Waals surface area contributed by atoms with Gasteiger partial charge in [-0.05, 0) is 46.1 Å². The highest BCUT2D eigenvalue weighted by atomic mass is 32.1. The molecular weight excluding hydrogens is 376 g/mol. The van der Waals surface area contributed by atoms with Crippen LogP contribution in [-0.2, 0) is 9.47 Å². The monoisotopic (exact) mass is 404 g/mol. The third-order valence-electron chi connectivity index (χ3n) is 5.38. The summed E-state index contributed by atoms with van der Waals surface area (Å²) in [6.45, 7) is 7.23. The molecule has 1 saturated carbocycles. The maximum atomic E-state index is 12.1. The number of nitrogens with one attached hydrogen (secondary N) is 1. The minimum absolute atomic E-state index is 0.129. The van der Waals surface area contributed by atoms with Gasteiger partial charge in [0.15, 0.2) is 0 Å². The maximum absolute atomic E-state index is 12.1. The number of fused-ring (bicyclic) bond motifs is 1. The van der Waals surface area contributed by atoms with E-state index >= 15 is 0 Å². The summed E-state index contributed by atoms with van der Waals surface area (Å²) in [5.74, 6) is 1.46. The number of amides is 1. The Labute approximate surface area is 169 Å². The van der Waals surface area contributed by atoms with Gasteiger partial charge in [0.05, 0.1) is 18.6 Å². The minimum atomic E-state index is -0.479. The number of ether oxygens (including phenoxy) is 2. The Morgan fingerprint density at radius 3 is 2.79 bits per heavy atom. The van der Waals surface area contributed by atoms with Gasteiger partial charge in [0, 0.05) is 29.9 Å². The number of hydrogen-bond acceptors (Lipinski definition) is 7. The number of carbonyl (C=O) groups excluding carboxylic acids is 1. The largest absolute Gasteiger partial charge is 0.444 e. The maximum Gasteiger partial charge on any atom is 0.407 e. The topological polar surface area (TPSA) is 76.6 Å². The molecule has 8 heteroatoms. The highest BCUT2D eigenvalue weighted by molar-refractivity contribution is 7.18. The number of hydrogen-bond donors (Lipinski definition) is 1. The molecule has 1 aliphatic heterocycles. The van der Waals surface area contributed by atoms with Crippen LogP contribution >= 0.6 is 11.3 Å². The Hall–Kier alpha value is -1.93. The number of nitrogens with zero attached hydrogens (tertiary/aromatic N) is 3. The van der Waals surface area contributed by atoms with E-state index in [1.165, 1.54) is 4.88 Å². The smallest absolute Gasteiger partial charge is 0.407 e. The van der Waals surface area contributed by atoms with Crippen molar-refractivity contribution in [3.8, 4) is 0 Å². The number of thiophene rings is 1. The Bertz CT molecular complexity index is 859. The summed E-state index contributed by atoms with van der Waals surface area (Å²) in [5, 5.41) is 4.12. The van der Waals surface area contributed by atoms with Crippen LogP contribution < -0.4 is 10.2 Å². The fourth-order valence-corrected chi connectivity index (χ4v) is 4.89. The van der Waals surface area contributed by atoms with Crippen LogP contribution in [0.4, 0.5) is 10.6 Å². The van der Waals surface area contributed by atoms with E-state index in [-0.39, 0.29) is 12.1 Å². The molecule has 2 atom stereocenters. The molecule has 152 valence electrons. The minimum Gasteiger partial charge on any atom is -0.444 e. The Kier molecular flexibility index (Phi) is 5.18. The highest BCUT2D eigenvalue weighted by Gasteiger charge is 2.32. The van der Waals surface area contributed by atoms with Crippen molar-refractivity contribution in [2.45, 2.75) is 63.6 Å². The van der Waals surface area contributed by atoms with Crippen molar-refractivity contribution in [3.05, 3.63) is 17.3 Å². The summed E-state index contributed by atoms with van der Waals surface area (Å²) in [5.41, 5.74) is -0.479. The van der Waals surface area contributed by atoms with Crippen LogP contribution in [-0.4, -0.2) is 54.0 Å². The van der Waals surface area contributed by atoms with Gasteiger partial charge in [-0.15, -0.1) is 11.3 Å². The van der Waals surface area contributed by atoms with E-state index in [9.17, 15) is 4.79 Å². The SMILES string of the molecule is CN(c1ncnc2sc(C3COC3)cc12)[C@@H]1CC[C@H](NC(=O)OC(C)(C)C)C1. The lowest BCUT2D eigenvalue weighted by Crippen LogP contribution is -2.39. The van der Waals surface area contributed by atoms with E-state index in [2.05, 4.69) is 33.3 Å². The first-order valence-corrected chi connectivity index (χ1v) is 10.7. The normalized spacial score (nSPS) is 22.9. The molecular formula is C20H28N4O3S. The summed E-state index contributed by atoms with van der Waals surface area (Å²) >= 11 is 1.74. The molecule has 3 heterocycles. The standard InChI is InChI=1S/C20H28N4O3S/c1-20(2,3)27-19(25)23-13-5-6-14(7-13)24(4)17-15-8-16(12-9-26-10-12)28-18(15)22-11-21-17/h8,11-14H,5-7,9-10H2,1-4H3,(H,23,25)/t13-,14+/m0/s1. The molecule has 1 aliphatic carbocycles. The molecule has 1 N–H and O–H groups in total. The summed E-state index contributed by atoms with van der Waals surface area (Å²) in [7, 11) is 2.09. The molecule has 7 nitrogen and oxygen atoms in total. The zero-order valence-electron chi connectivity index (χ0n) is 16.9. The molecule has 1 saturated heterocycles. The molecule has 2 fully saturated rings. The third kappa shape index (κ3) is 4.07. The van der Waals surface area contributed by atoms with Crippen LogP contribution in [0.2, 0.25) is 0 Å². The van der Waals surface area contributed by atoms with E-state index in [1.54, 1.807) is 17.7 Å². The van der Waals surface area contributed by atoms with E-state index < -0.39 is 5.60 Å². The second-order valence-corrected chi connectivity index (χ2v) is 9.78. The molecule has 0 radical (unpaired) electrons. The number of aromatic nitrogens is 2. The lowest BCUT2D eigenvalue weighted by molar-refractivity contribution is 0.00990. The van der Waals surface area contributed by atoms with Crippen LogP contribution in [0.3, 0.4) is 0 Å². The average Bonchev–Trinajstić information content (AvgIpc) is 3.16. The zero-order valence-corrected chi connectivity index (χ0v) is 17.7. The van der Waals surface area contributed by atoms with Crippen molar-refractivity contribution in [2.75, 3.05) is 25.2 Å². The summed E-state index contributed by atoms with van der Waals surface area (Å²) in [4.78, 5) is 25.7. The molecule has 2 aliphatic rings. The first-order chi connectivity index (χ1) is 13.3. The van der Waals surface area contributed by atoms with Crippen molar-refractivity contribution in [1.29, 1.82) is 0 Å². The van der Waals surface area contributed by atoms with Gasteiger partial charge in [0.2, 0.25) is 0 Å². The van der Waals surface area contributed by atoms with Gasteiger partial charge in [-0.3, -0.25) is 0 Å². The first kappa shape index (κ1) is 19.4. The molecule has 2 aromatic heterocycles. The fourth-order valence-electron chi connectivity index (χ4n) is 3.83. The van der Waals surface area contributed by atoms with E-state index in [4.69, 9.17) is 9.47 Å². The number of alkyl carbamates (subject to hydrolysis) is 1. The zero-order chi connectivity index (χ0) is 19.9. The van der Waals surface area contributed by atoms with Crippen molar-refractivity contribution < 1.29 is 14.3 Å². The van der Waals surface area contributed by atoms with Crippen molar-refractivity contribution in [1.82, 2.24) is 15.3 Å². The predicted molar refractivity (Wildman–Crippen MR) is 110 cm³/mol. The van der Waals surface area contributed by atoms with Crippen LogP contribution in [0.25, 0.3) is 10.2 Å². The molecule has 4 rings (SSSR count). The molecule has 0 unspecified atom stereocenters. The summed E-state index contributed by atoms with van der Waals surface area (Å²) < 4.78 is 10.7. The van der Waals surface area contributed by atoms with Gasteiger partial charge in [-0.1, -0.05) is 0 Å². The van der Waals surface area contributed by atoms with Crippen molar-refractivity contribution >= 4 is 33.5 Å². The lowest BCUT2D eigenvalue weighted by atomic mass is 10.1. The lowest BCUT2D eigenvalue weighted by Gasteiger charge is -2.26. The van der Waals surface area contributed by atoms with Crippen molar-refractivity contribution in [3.63, 3.8) is 0 Å². The van der Waals surface area contributed by atoms with Gasteiger partial charge < -0.3 is 19.7 Å². The van der Waals surface area contributed by atoms with Crippen LogP contribution in [0.15, 0.2) is 12.4 Å². The van der Waals surface area contributed by atoms with E-state index in [1.807, 2.05) is 20.8 Å². The molecule has 1 amide bonds. The fraction of sp³-hybridized carbons (Fsp3) is 0.650. The van der Waals surface area contributed by atoms with E-state index in [0.29, 0.717) is 12.0 Å². The summed E-state index contributed by atoms with van der Waals surface area (Å²) in [6.07, 6.45) is 4.15. The van der Waals surface area contributed by atoms with Crippen LogP contribution in [0, 0.1) is 0 Å². The Balaban J connectivity index is 1.44. The van der Waals surface area contributed by atoms with Gasteiger partial charge in [0.1, 0.15) is 22.6 Å².